The Hall–Kier alpha value is -0.730. The molecule has 2 heterocycles. The molecule has 4 nitrogen and oxygen atoms in total. The van der Waals surface area contributed by atoms with Crippen LogP contribution in [0.25, 0.3) is 0 Å². The molecule has 0 radical (unpaired) electrons. The number of thiophene rings is 2. The van der Waals surface area contributed by atoms with Gasteiger partial charge in [0, 0.05) is 17.5 Å². The monoisotopic (exact) mass is 330 g/mol. The first kappa shape index (κ1) is 15.7. The van der Waals surface area contributed by atoms with Crippen molar-refractivity contribution in [3.05, 3.63) is 38.2 Å². The quantitative estimate of drug-likeness (QED) is 0.855. The van der Waals surface area contributed by atoms with Crippen LogP contribution in [0.2, 0.25) is 0 Å². The van der Waals surface area contributed by atoms with Gasteiger partial charge in [-0.2, -0.15) is 11.3 Å². The Kier molecular flexibility index (Phi) is 4.98. The van der Waals surface area contributed by atoms with Crippen LogP contribution in [0, 0.1) is 6.92 Å². The Morgan fingerprint density at radius 1 is 1.40 bits per heavy atom. The summed E-state index contributed by atoms with van der Waals surface area (Å²) in [5.74, 6) is 0. The number of hydrogen-bond donors (Lipinski definition) is 2. The van der Waals surface area contributed by atoms with Crippen LogP contribution in [0.3, 0.4) is 0 Å². The average Bonchev–Trinajstić information content (AvgIpc) is 2.97. The highest BCUT2D eigenvalue weighted by atomic mass is 32.2. The van der Waals surface area contributed by atoms with E-state index in [1.165, 1.54) is 11.3 Å². The molecular formula is C13H18N2O2S3. The molecule has 1 atom stereocenters. The molecule has 110 valence electrons. The highest BCUT2D eigenvalue weighted by Crippen LogP contribution is 2.26. The molecule has 0 saturated carbocycles. The van der Waals surface area contributed by atoms with Crippen molar-refractivity contribution in [1.29, 1.82) is 0 Å². The van der Waals surface area contributed by atoms with Gasteiger partial charge in [-0.25, -0.2) is 13.1 Å². The molecule has 2 rings (SSSR count). The van der Waals surface area contributed by atoms with E-state index >= 15 is 0 Å². The van der Waals surface area contributed by atoms with Crippen molar-refractivity contribution in [1.82, 2.24) is 4.72 Å². The van der Waals surface area contributed by atoms with Crippen molar-refractivity contribution in [2.75, 3.05) is 0 Å². The molecule has 20 heavy (non-hydrogen) atoms. The van der Waals surface area contributed by atoms with Gasteiger partial charge < -0.3 is 5.73 Å². The molecule has 0 aliphatic heterocycles. The van der Waals surface area contributed by atoms with Gasteiger partial charge in [-0.1, -0.05) is 0 Å². The number of rotatable bonds is 6. The van der Waals surface area contributed by atoms with Crippen LogP contribution >= 0.6 is 22.7 Å². The Bertz CT molecular complexity index is 660. The highest BCUT2D eigenvalue weighted by molar-refractivity contribution is 7.89. The zero-order valence-corrected chi connectivity index (χ0v) is 13.9. The fourth-order valence-corrected chi connectivity index (χ4v) is 5.74. The first-order valence-electron chi connectivity index (χ1n) is 6.24. The van der Waals surface area contributed by atoms with Crippen molar-refractivity contribution >= 4 is 32.7 Å². The summed E-state index contributed by atoms with van der Waals surface area (Å²) in [6, 6.07) is 1.86. The zero-order valence-electron chi connectivity index (χ0n) is 11.4. The van der Waals surface area contributed by atoms with Crippen molar-refractivity contribution < 1.29 is 8.42 Å². The molecular weight excluding hydrogens is 312 g/mol. The minimum atomic E-state index is -3.51. The molecule has 0 aromatic carbocycles. The third-order valence-corrected chi connectivity index (χ3v) is 6.73. The number of sulfonamides is 1. The topological polar surface area (TPSA) is 72.2 Å². The van der Waals surface area contributed by atoms with E-state index in [0.717, 1.165) is 11.1 Å². The van der Waals surface area contributed by atoms with E-state index in [0.29, 0.717) is 16.2 Å². The van der Waals surface area contributed by atoms with Gasteiger partial charge in [0.15, 0.2) is 0 Å². The van der Waals surface area contributed by atoms with Crippen molar-refractivity contribution in [2.24, 2.45) is 5.73 Å². The molecule has 0 spiro atoms. The standard InChI is InChI=1S/C13H18N2O2S3/c1-9-7-19-12(6-14)13(9)20(16,17)15-10(2)5-11-3-4-18-8-11/h3-4,7-8,10,15H,5-6,14H2,1-2H3. The summed E-state index contributed by atoms with van der Waals surface area (Å²) in [6.45, 7) is 3.92. The predicted octanol–water partition coefficient (Wildman–Crippen LogP) is 2.49. The van der Waals surface area contributed by atoms with Crippen LogP contribution in [0.15, 0.2) is 27.1 Å². The van der Waals surface area contributed by atoms with Crippen molar-refractivity contribution in [2.45, 2.75) is 37.8 Å². The van der Waals surface area contributed by atoms with Gasteiger partial charge in [-0.05, 0) is 53.6 Å². The normalized spacial score (nSPS) is 13.6. The van der Waals surface area contributed by atoms with Crippen LogP contribution < -0.4 is 10.5 Å². The molecule has 0 amide bonds. The van der Waals surface area contributed by atoms with E-state index in [1.54, 1.807) is 18.3 Å². The predicted molar refractivity (Wildman–Crippen MR) is 84.8 cm³/mol. The SMILES string of the molecule is Cc1csc(CN)c1S(=O)(=O)NC(C)Cc1ccsc1. The molecule has 7 heteroatoms. The summed E-state index contributed by atoms with van der Waals surface area (Å²) in [6.07, 6.45) is 0.684. The minimum absolute atomic E-state index is 0.153. The first-order valence-corrected chi connectivity index (χ1v) is 9.55. The third-order valence-electron chi connectivity index (χ3n) is 2.92. The Balaban J connectivity index is 2.16. The lowest BCUT2D eigenvalue weighted by Crippen LogP contribution is -2.34. The van der Waals surface area contributed by atoms with E-state index in [1.807, 2.05) is 29.1 Å². The number of nitrogens with two attached hydrogens (primary N) is 1. The van der Waals surface area contributed by atoms with Crippen LogP contribution in [-0.2, 0) is 23.0 Å². The van der Waals surface area contributed by atoms with E-state index in [4.69, 9.17) is 5.73 Å². The van der Waals surface area contributed by atoms with E-state index in [2.05, 4.69) is 4.72 Å². The second-order valence-electron chi connectivity index (χ2n) is 4.73. The molecule has 2 aromatic heterocycles. The maximum absolute atomic E-state index is 12.5. The van der Waals surface area contributed by atoms with Gasteiger partial charge in [0.25, 0.3) is 0 Å². The van der Waals surface area contributed by atoms with Crippen LogP contribution in [0.4, 0.5) is 0 Å². The highest BCUT2D eigenvalue weighted by Gasteiger charge is 2.24. The summed E-state index contributed by atoms with van der Waals surface area (Å²) in [4.78, 5) is 1.06. The average molecular weight is 331 g/mol. The largest absolute Gasteiger partial charge is 0.326 e. The fraction of sp³-hybridized carbons (Fsp3) is 0.385. The molecule has 0 aliphatic rings. The summed E-state index contributed by atoms with van der Waals surface area (Å²) in [5.41, 5.74) is 7.52. The molecule has 0 saturated heterocycles. The number of nitrogens with one attached hydrogen (secondary N) is 1. The summed E-state index contributed by atoms with van der Waals surface area (Å²) in [5, 5.41) is 5.86. The first-order chi connectivity index (χ1) is 9.44. The molecule has 2 aromatic rings. The fourth-order valence-electron chi connectivity index (χ4n) is 2.12. The second kappa shape index (κ2) is 6.36. The summed E-state index contributed by atoms with van der Waals surface area (Å²) >= 11 is 3.01. The lowest BCUT2D eigenvalue weighted by atomic mass is 10.1. The third kappa shape index (κ3) is 3.48. The lowest BCUT2D eigenvalue weighted by molar-refractivity contribution is 0.559. The van der Waals surface area contributed by atoms with Gasteiger partial charge in [0.1, 0.15) is 4.90 Å². The zero-order chi connectivity index (χ0) is 14.8. The van der Waals surface area contributed by atoms with Crippen LogP contribution in [-0.4, -0.2) is 14.5 Å². The molecule has 0 aliphatic carbocycles. The van der Waals surface area contributed by atoms with Gasteiger partial charge in [-0.15, -0.1) is 11.3 Å². The maximum atomic E-state index is 12.5. The van der Waals surface area contributed by atoms with E-state index < -0.39 is 10.0 Å². The van der Waals surface area contributed by atoms with Gasteiger partial charge in [0.2, 0.25) is 10.0 Å². The summed E-state index contributed by atoms with van der Waals surface area (Å²) in [7, 11) is -3.51. The van der Waals surface area contributed by atoms with Crippen molar-refractivity contribution in [3.63, 3.8) is 0 Å². The Morgan fingerprint density at radius 3 is 2.75 bits per heavy atom. The van der Waals surface area contributed by atoms with Crippen molar-refractivity contribution in [3.8, 4) is 0 Å². The van der Waals surface area contributed by atoms with Gasteiger partial charge in [-0.3, -0.25) is 0 Å². The molecule has 0 bridgehead atoms. The van der Waals surface area contributed by atoms with E-state index in [9.17, 15) is 8.42 Å². The van der Waals surface area contributed by atoms with E-state index in [-0.39, 0.29) is 12.6 Å². The molecule has 1 unspecified atom stereocenters. The van der Waals surface area contributed by atoms with Gasteiger partial charge in [0.05, 0.1) is 0 Å². The Morgan fingerprint density at radius 2 is 2.15 bits per heavy atom. The number of aryl methyl sites for hydroxylation is 1. The number of hydrogen-bond acceptors (Lipinski definition) is 5. The summed E-state index contributed by atoms with van der Waals surface area (Å²) < 4.78 is 27.7. The minimum Gasteiger partial charge on any atom is -0.326 e. The van der Waals surface area contributed by atoms with Crippen LogP contribution in [0.5, 0.6) is 0 Å². The second-order valence-corrected chi connectivity index (χ2v) is 8.13. The molecule has 0 fully saturated rings. The lowest BCUT2D eigenvalue weighted by Gasteiger charge is -2.14. The maximum Gasteiger partial charge on any atom is 0.242 e. The molecule has 3 N–H and O–H groups in total. The van der Waals surface area contributed by atoms with Crippen LogP contribution in [0.1, 0.15) is 22.9 Å². The van der Waals surface area contributed by atoms with Gasteiger partial charge >= 0.3 is 0 Å². The smallest absolute Gasteiger partial charge is 0.242 e. The Labute approximate surface area is 127 Å².